The Morgan fingerprint density at radius 1 is 1.43 bits per heavy atom. The zero-order valence-electron chi connectivity index (χ0n) is 7.22. The molecule has 0 bridgehead atoms. The Hall–Kier alpha value is -1.32. The van der Waals surface area contributed by atoms with Crippen LogP contribution in [0, 0.1) is 0 Å². The van der Waals surface area contributed by atoms with E-state index in [1.165, 1.54) is 6.26 Å². The molecule has 0 fully saturated rings. The molecule has 0 amide bonds. The summed E-state index contributed by atoms with van der Waals surface area (Å²) in [5.74, 6) is 0.493. The number of halogens is 1. The first-order valence-corrected chi connectivity index (χ1v) is 4.48. The molecule has 2 rings (SSSR count). The van der Waals surface area contributed by atoms with Crippen LogP contribution < -0.4 is 0 Å². The van der Waals surface area contributed by atoms with Crippen molar-refractivity contribution >= 4 is 11.6 Å². The van der Waals surface area contributed by atoms with Gasteiger partial charge < -0.3 is 9.52 Å². The summed E-state index contributed by atoms with van der Waals surface area (Å²) in [6, 6.07) is 6.73. The second kappa shape index (κ2) is 3.82. The fraction of sp³-hybridized carbons (Fsp3) is 0.100. The van der Waals surface area contributed by atoms with E-state index in [1.807, 2.05) is 0 Å². The molecule has 2 aromatic heterocycles. The summed E-state index contributed by atoms with van der Waals surface area (Å²) in [6.07, 6.45) is 2.27. The number of nitrogens with zero attached hydrogens (tertiary/aromatic N) is 1. The van der Waals surface area contributed by atoms with Crippen molar-refractivity contribution < 1.29 is 9.52 Å². The summed E-state index contributed by atoms with van der Waals surface area (Å²) in [6.45, 7) is 0. The molecule has 3 nitrogen and oxygen atoms in total. The average molecular weight is 210 g/mol. The van der Waals surface area contributed by atoms with E-state index in [0.717, 1.165) is 0 Å². The van der Waals surface area contributed by atoms with Crippen LogP contribution in [0.1, 0.15) is 17.4 Å². The van der Waals surface area contributed by atoms with Gasteiger partial charge in [-0.2, -0.15) is 0 Å². The third kappa shape index (κ3) is 1.78. The lowest BCUT2D eigenvalue weighted by atomic mass is 10.1. The Kier molecular flexibility index (Phi) is 2.52. The number of pyridine rings is 1. The number of rotatable bonds is 2. The highest BCUT2D eigenvalue weighted by atomic mass is 35.5. The maximum absolute atomic E-state index is 9.83. The van der Waals surface area contributed by atoms with Gasteiger partial charge in [-0.25, -0.2) is 4.98 Å². The van der Waals surface area contributed by atoms with E-state index in [-0.39, 0.29) is 0 Å². The summed E-state index contributed by atoms with van der Waals surface area (Å²) >= 11 is 5.70. The summed E-state index contributed by atoms with van der Waals surface area (Å²) in [7, 11) is 0. The number of furan rings is 1. The van der Waals surface area contributed by atoms with E-state index in [4.69, 9.17) is 16.0 Å². The number of hydrogen-bond acceptors (Lipinski definition) is 3. The highest BCUT2D eigenvalue weighted by molar-refractivity contribution is 6.29. The van der Waals surface area contributed by atoms with Crippen molar-refractivity contribution in [1.82, 2.24) is 4.98 Å². The Bertz CT molecular complexity index is 414. The highest BCUT2D eigenvalue weighted by Crippen LogP contribution is 2.23. The zero-order valence-corrected chi connectivity index (χ0v) is 7.98. The molecular weight excluding hydrogens is 202 g/mol. The Labute approximate surface area is 86.0 Å². The molecule has 72 valence electrons. The van der Waals surface area contributed by atoms with Gasteiger partial charge in [0, 0.05) is 6.20 Å². The van der Waals surface area contributed by atoms with Crippen LogP contribution in [0.3, 0.4) is 0 Å². The van der Waals surface area contributed by atoms with Gasteiger partial charge in [0.25, 0.3) is 0 Å². The van der Waals surface area contributed by atoms with Crippen LogP contribution in [0.4, 0.5) is 0 Å². The SMILES string of the molecule is OC(c1ccnc(Cl)c1)c1ccco1. The van der Waals surface area contributed by atoms with E-state index in [9.17, 15) is 5.11 Å². The topological polar surface area (TPSA) is 46.3 Å². The molecule has 0 aliphatic carbocycles. The molecule has 0 saturated heterocycles. The molecule has 1 atom stereocenters. The zero-order chi connectivity index (χ0) is 9.97. The molecule has 0 aromatic carbocycles. The first-order valence-electron chi connectivity index (χ1n) is 4.10. The summed E-state index contributed by atoms with van der Waals surface area (Å²) in [5.41, 5.74) is 0.667. The van der Waals surface area contributed by atoms with Crippen molar-refractivity contribution in [3.05, 3.63) is 53.2 Å². The molecule has 1 N–H and O–H groups in total. The molecule has 2 aromatic rings. The molecule has 14 heavy (non-hydrogen) atoms. The summed E-state index contributed by atoms with van der Waals surface area (Å²) in [4.78, 5) is 3.83. The van der Waals surface area contributed by atoms with E-state index < -0.39 is 6.10 Å². The molecule has 0 saturated carbocycles. The summed E-state index contributed by atoms with van der Waals surface area (Å²) < 4.78 is 5.08. The van der Waals surface area contributed by atoms with Gasteiger partial charge in [-0.1, -0.05) is 11.6 Å². The second-order valence-electron chi connectivity index (χ2n) is 2.83. The minimum Gasteiger partial charge on any atom is -0.466 e. The number of aromatic nitrogens is 1. The molecule has 4 heteroatoms. The highest BCUT2D eigenvalue weighted by Gasteiger charge is 2.13. The first-order chi connectivity index (χ1) is 6.77. The second-order valence-corrected chi connectivity index (χ2v) is 3.22. The van der Waals surface area contributed by atoms with Crippen LogP contribution in [0.15, 0.2) is 41.1 Å². The predicted octanol–water partition coefficient (Wildman–Crippen LogP) is 2.41. The average Bonchev–Trinajstić information content (AvgIpc) is 2.69. The predicted molar refractivity (Wildman–Crippen MR) is 52.0 cm³/mol. The number of aliphatic hydroxyl groups excluding tert-OH is 1. The van der Waals surface area contributed by atoms with E-state index >= 15 is 0 Å². The minimum absolute atomic E-state index is 0.355. The van der Waals surface area contributed by atoms with Crippen molar-refractivity contribution in [2.75, 3.05) is 0 Å². The van der Waals surface area contributed by atoms with Crippen LogP contribution in [0.25, 0.3) is 0 Å². The maximum Gasteiger partial charge on any atom is 0.137 e. The Morgan fingerprint density at radius 2 is 2.29 bits per heavy atom. The van der Waals surface area contributed by atoms with Crippen LogP contribution in [-0.4, -0.2) is 10.1 Å². The largest absolute Gasteiger partial charge is 0.466 e. The molecule has 0 aliphatic rings. The van der Waals surface area contributed by atoms with Gasteiger partial charge in [0.2, 0.25) is 0 Å². The molecule has 0 radical (unpaired) electrons. The molecule has 1 unspecified atom stereocenters. The third-order valence-electron chi connectivity index (χ3n) is 1.88. The molecule has 2 heterocycles. The quantitative estimate of drug-likeness (QED) is 0.773. The van der Waals surface area contributed by atoms with Crippen molar-refractivity contribution in [2.45, 2.75) is 6.10 Å². The van der Waals surface area contributed by atoms with Gasteiger partial charge >= 0.3 is 0 Å². The molecule has 0 aliphatic heterocycles. The van der Waals surface area contributed by atoms with Gasteiger partial charge in [-0.3, -0.25) is 0 Å². The van der Waals surface area contributed by atoms with E-state index in [2.05, 4.69) is 4.98 Å². The van der Waals surface area contributed by atoms with Crippen molar-refractivity contribution in [3.63, 3.8) is 0 Å². The van der Waals surface area contributed by atoms with Crippen molar-refractivity contribution in [2.24, 2.45) is 0 Å². The van der Waals surface area contributed by atoms with Crippen LogP contribution in [0.5, 0.6) is 0 Å². The molecule has 0 spiro atoms. The van der Waals surface area contributed by atoms with Crippen LogP contribution in [0.2, 0.25) is 5.15 Å². The first kappa shape index (κ1) is 9.24. The number of hydrogen-bond donors (Lipinski definition) is 1. The van der Waals surface area contributed by atoms with Crippen LogP contribution in [-0.2, 0) is 0 Å². The van der Waals surface area contributed by atoms with Gasteiger partial charge in [0.05, 0.1) is 6.26 Å². The van der Waals surface area contributed by atoms with Gasteiger partial charge in [0.15, 0.2) is 0 Å². The smallest absolute Gasteiger partial charge is 0.137 e. The molecular formula is C10H8ClNO2. The van der Waals surface area contributed by atoms with E-state index in [0.29, 0.717) is 16.5 Å². The fourth-order valence-corrected chi connectivity index (χ4v) is 1.38. The van der Waals surface area contributed by atoms with Gasteiger partial charge in [-0.05, 0) is 29.8 Å². The Balaban J connectivity index is 2.32. The monoisotopic (exact) mass is 209 g/mol. The van der Waals surface area contributed by atoms with Crippen LogP contribution >= 0.6 is 11.6 Å². The van der Waals surface area contributed by atoms with Gasteiger partial charge in [0.1, 0.15) is 17.0 Å². The van der Waals surface area contributed by atoms with Crippen molar-refractivity contribution in [3.8, 4) is 0 Å². The minimum atomic E-state index is -0.787. The van der Waals surface area contributed by atoms with Gasteiger partial charge in [-0.15, -0.1) is 0 Å². The lowest BCUT2D eigenvalue weighted by molar-refractivity contribution is 0.189. The lowest BCUT2D eigenvalue weighted by Gasteiger charge is -2.07. The fourth-order valence-electron chi connectivity index (χ4n) is 1.20. The Morgan fingerprint density at radius 3 is 2.93 bits per heavy atom. The van der Waals surface area contributed by atoms with Crippen molar-refractivity contribution in [1.29, 1.82) is 0 Å². The normalized spacial score (nSPS) is 12.7. The standard InChI is InChI=1S/C10H8ClNO2/c11-9-6-7(3-4-12-9)10(13)8-2-1-5-14-8/h1-6,10,13H. The number of aliphatic hydroxyl groups is 1. The third-order valence-corrected chi connectivity index (χ3v) is 2.09. The van der Waals surface area contributed by atoms with E-state index in [1.54, 1.807) is 30.5 Å². The maximum atomic E-state index is 9.83. The lowest BCUT2D eigenvalue weighted by Crippen LogP contribution is -1.97. The summed E-state index contributed by atoms with van der Waals surface area (Å²) in [5, 5.41) is 10.2.